The second-order valence-electron chi connectivity index (χ2n) is 4.29. The van der Waals surface area contributed by atoms with E-state index in [0.717, 1.165) is 28.1 Å². The van der Waals surface area contributed by atoms with Gasteiger partial charge in [-0.2, -0.15) is 5.26 Å². The predicted octanol–water partition coefficient (Wildman–Crippen LogP) is 2.54. The Morgan fingerprint density at radius 2 is 1.79 bits per heavy atom. The van der Waals surface area contributed by atoms with E-state index in [0.29, 0.717) is 0 Å². The maximum absolute atomic E-state index is 11.8. The van der Waals surface area contributed by atoms with Gasteiger partial charge in [0.2, 0.25) is 0 Å². The van der Waals surface area contributed by atoms with Crippen LogP contribution in [-0.4, -0.2) is 12.1 Å². The van der Waals surface area contributed by atoms with Gasteiger partial charge in [0, 0.05) is 0 Å². The summed E-state index contributed by atoms with van der Waals surface area (Å²) >= 11 is 0. The monoisotopic (exact) mass is 254 g/mol. The lowest BCUT2D eigenvalue weighted by atomic mass is 10.00. The number of pyridine rings is 1. The van der Waals surface area contributed by atoms with Crippen molar-refractivity contribution >= 4 is 0 Å². The lowest BCUT2D eigenvalue weighted by molar-refractivity contribution is 0.415. The summed E-state index contributed by atoms with van der Waals surface area (Å²) in [6, 6.07) is 9.36. The molecule has 0 aliphatic heterocycles. The summed E-state index contributed by atoms with van der Waals surface area (Å²) in [5.74, 6) is 0.758. The molecule has 4 nitrogen and oxygen atoms in total. The first-order valence-corrected chi connectivity index (χ1v) is 5.86. The Morgan fingerprint density at radius 1 is 1.16 bits per heavy atom. The number of H-pyrrole nitrogens is 1. The summed E-state index contributed by atoms with van der Waals surface area (Å²) in [5.41, 5.74) is 3.08. The zero-order chi connectivity index (χ0) is 14.0. The molecule has 0 saturated carbocycles. The Morgan fingerprint density at radius 3 is 2.32 bits per heavy atom. The van der Waals surface area contributed by atoms with Gasteiger partial charge in [-0.05, 0) is 54.8 Å². The number of methoxy groups -OCH3 is 1. The van der Waals surface area contributed by atoms with Crippen molar-refractivity contribution in [1.29, 1.82) is 5.26 Å². The summed E-state index contributed by atoms with van der Waals surface area (Å²) in [7, 11) is 1.61. The zero-order valence-electron chi connectivity index (χ0n) is 11.1. The molecule has 0 saturated heterocycles. The van der Waals surface area contributed by atoms with Crippen molar-refractivity contribution in [2.45, 2.75) is 13.8 Å². The lowest BCUT2D eigenvalue weighted by Crippen LogP contribution is -2.14. The molecule has 0 spiro atoms. The molecule has 1 heterocycles. The van der Waals surface area contributed by atoms with Crippen LogP contribution in [0.4, 0.5) is 0 Å². The highest BCUT2D eigenvalue weighted by atomic mass is 16.5. The van der Waals surface area contributed by atoms with E-state index in [1.54, 1.807) is 14.0 Å². The second-order valence-corrected chi connectivity index (χ2v) is 4.29. The van der Waals surface area contributed by atoms with Crippen molar-refractivity contribution < 1.29 is 4.74 Å². The van der Waals surface area contributed by atoms with E-state index in [1.807, 2.05) is 37.3 Å². The Balaban J connectivity index is 2.63. The Kier molecular flexibility index (Phi) is 3.39. The molecule has 0 radical (unpaired) electrons. The van der Waals surface area contributed by atoms with Gasteiger partial charge in [0.1, 0.15) is 17.4 Å². The lowest BCUT2D eigenvalue weighted by Gasteiger charge is -2.10. The maximum Gasteiger partial charge on any atom is 0.266 e. The number of rotatable bonds is 2. The largest absolute Gasteiger partial charge is 0.497 e. The first-order valence-electron chi connectivity index (χ1n) is 5.86. The molecule has 2 aromatic rings. The Hall–Kier alpha value is -2.54. The molecule has 1 aromatic carbocycles. The van der Waals surface area contributed by atoms with Gasteiger partial charge in [0.05, 0.1) is 12.8 Å². The molecule has 2 rings (SSSR count). The van der Waals surface area contributed by atoms with E-state index in [4.69, 9.17) is 10.00 Å². The Bertz CT molecular complexity index is 707. The van der Waals surface area contributed by atoms with Crippen molar-refractivity contribution in [2.75, 3.05) is 7.11 Å². The minimum atomic E-state index is -0.351. The van der Waals surface area contributed by atoms with Crippen LogP contribution in [0.2, 0.25) is 0 Å². The van der Waals surface area contributed by atoms with Gasteiger partial charge in [0.25, 0.3) is 5.56 Å². The molecule has 0 fully saturated rings. The number of ether oxygens (including phenoxy) is 1. The van der Waals surface area contributed by atoms with Crippen LogP contribution < -0.4 is 10.3 Å². The number of aromatic amines is 1. The Labute approximate surface area is 111 Å². The second kappa shape index (κ2) is 4.99. The van der Waals surface area contributed by atoms with Crippen LogP contribution in [0.15, 0.2) is 29.1 Å². The highest BCUT2D eigenvalue weighted by molar-refractivity contribution is 5.66. The van der Waals surface area contributed by atoms with E-state index in [9.17, 15) is 4.79 Å². The number of hydrogen-bond acceptors (Lipinski definition) is 3. The molecule has 0 aliphatic rings. The van der Waals surface area contributed by atoms with E-state index >= 15 is 0 Å². The zero-order valence-corrected chi connectivity index (χ0v) is 11.1. The first-order chi connectivity index (χ1) is 9.08. The number of hydrogen-bond donors (Lipinski definition) is 1. The van der Waals surface area contributed by atoms with E-state index < -0.39 is 0 Å². The van der Waals surface area contributed by atoms with Gasteiger partial charge in [-0.1, -0.05) is 0 Å². The third kappa shape index (κ3) is 2.23. The average molecular weight is 254 g/mol. The SMILES string of the molecule is COc1ccc(-c2[nH]c(=O)c(C#N)c(C)c2C)cc1. The van der Waals surface area contributed by atoms with E-state index in [2.05, 4.69) is 4.98 Å². The standard InChI is InChI=1S/C15H14N2O2/c1-9-10(2)14(17-15(18)13(9)8-16)11-4-6-12(19-3)7-5-11/h4-7H,1-3H3,(H,17,18). The molecule has 19 heavy (non-hydrogen) atoms. The number of aromatic nitrogens is 1. The predicted molar refractivity (Wildman–Crippen MR) is 73.2 cm³/mol. The summed E-state index contributed by atoms with van der Waals surface area (Å²) in [5, 5.41) is 8.97. The highest BCUT2D eigenvalue weighted by Crippen LogP contribution is 2.25. The third-order valence-electron chi connectivity index (χ3n) is 3.27. The van der Waals surface area contributed by atoms with Crippen molar-refractivity contribution in [3.8, 4) is 23.1 Å². The summed E-state index contributed by atoms with van der Waals surface area (Å²) < 4.78 is 5.10. The van der Waals surface area contributed by atoms with Gasteiger partial charge in [0.15, 0.2) is 0 Å². The fraction of sp³-hybridized carbons (Fsp3) is 0.200. The van der Waals surface area contributed by atoms with Gasteiger partial charge in [-0.15, -0.1) is 0 Å². The summed E-state index contributed by atoms with van der Waals surface area (Å²) in [6.07, 6.45) is 0. The van der Waals surface area contributed by atoms with Crippen LogP contribution in [0.25, 0.3) is 11.3 Å². The van der Waals surface area contributed by atoms with Gasteiger partial charge in [-0.25, -0.2) is 0 Å². The molecular formula is C15H14N2O2. The number of nitriles is 1. The molecule has 0 amide bonds. The first kappa shape index (κ1) is 12.9. The molecule has 96 valence electrons. The minimum Gasteiger partial charge on any atom is -0.497 e. The number of nitrogens with zero attached hydrogens (tertiary/aromatic N) is 1. The van der Waals surface area contributed by atoms with Gasteiger partial charge < -0.3 is 9.72 Å². The molecule has 0 bridgehead atoms. The van der Waals surface area contributed by atoms with Gasteiger partial charge >= 0.3 is 0 Å². The smallest absolute Gasteiger partial charge is 0.266 e. The topological polar surface area (TPSA) is 65.9 Å². The molecule has 1 N–H and O–H groups in total. The average Bonchev–Trinajstić information content (AvgIpc) is 2.43. The fourth-order valence-corrected chi connectivity index (χ4v) is 2.00. The molecule has 0 atom stereocenters. The van der Waals surface area contributed by atoms with Crippen molar-refractivity contribution in [2.24, 2.45) is 0 Å². The summed E-state index contributed by atoms with van der Waals surface area (Å²) in [6.45, 7) is 3.68. The number of nitrogens with one attached hydrogen (secondary N) is 1. The van der Waals surface area contributed by atoms with Crippen LogP contribution in [0.5, 0.6) is 5.75 Å². The maximum atomic E-state index is 11.8. The third-order valence-corrected chi connectivity index (χ3v) is 3.27. The van der Waals surface area contributed by atoms with E-state index in [-0.39, 0.29) is 11.1 Å². The van der Waals surface area contributed by atoms with Crippen LogP contribution in [0.3, 0.4) is 0 Å². The van der Waals surface area contributed by atoms with Crippen molar-refractivity contribution in [1.82, 2.24) is 4.98 Å². The van der Waals surface area contributed by atoms with Crippen LogP contribution in [0.1, 0.15) is 16.7 Å². The fourth-order valence-electron chi connectivity index (χ4n) is 2.00. The van der Waals surface area contributed by atoms with Gasteiger partial charge in [-0.3, -0.25) is 4.79 Å². The molecule has 0 unspecified atom stereocenters. The van der Waals surface area contributed by atoms with Crippen molar-refractivity contribution in [3.05, 3.63) is 51.3 Å². The van der Waals surface area contributed by atoms with Crippen LogP contribution >= 0.6 is 0 Å². The van der Waals surface area contributed by atoms with Crippen LogP contribution in [0, 0.1) is 25.2 Å². The van der Waals surface area contributed by atoms with Crippen LogP contribution in [-0.2, 0) is 0 Å². The molecular weight excluding hydrogens is 240 g/mol. The minimum absolute atomic E-state index is 0.176. The quantitative estimate of drug-likeness (QED) is 0.895. The normalized spacial score (nSPS) is 10.0. The number of benzene rings is 1. The summed E-state index contributed by atoms with van der Waals surface area (Å²) in [4.78, 5) is 14.6. The highest BCUT2D eigenvalue weighted by Gasteiger charge is 2.12. The molecule has 1 aromatic heterocycles. The molecule has 0 aliphatic carbocycles. The molecule has 4 heteroatoms. The van der Waals surface area contributed by atoms with Crippen molar-refractivity contribution in [3.63, 3.8) is 0 Å². The van der Waals surface area contributed by atoms with E-state index in [1.165, 1.54) is 0 Å².